The molecular weight excluding hydrogens is 709 g/mol. The second-order valence-electron chi connectivity index (χ2n) is 14.8. The predicted octanol–water partition coefficient (Wildman–Crippen LogP) is 9.69. The maximum absolute atomic E-state index is 12.8. The lowest BCUT2D eigenvalue weighted by Gasteiger charge is -2.39. The van der Waals surface area contributed by atoms with E-state index in [2.05, 4.69) is 86.8 Å². The second-order valence-corrected chi connectivity index (χ2v) is 14.8. The molecule has 6 atom stereocenters. The first-order valence-corrected chi connectivity index (χ1v) is 22.0. The van der Waals surface area contributed by atoms with Crippen LogP contribution in [0.3, 0.4) is 0 Å². The number of hydrogen-bond donors (Lipinski definition) is 4. The Bertz CT molecular complexity index is 1080. The van der Waals surface area contributed by atoms with Crippen LogP contribution < -0.4 is 0 Å². The number of esters is 1. The summed E-state index contributed by atoms with van der Waals surface area (Å²) in [6.07, 6.45) is 42.1. The molecule has 1 rings (SSSR count). The van der Waals surface area contributed by atoms with Crippen molar-refractivity contribution >= 4 is 5.97 Å². The molecule has 9 nitrogen and oxygen atoms in total. The van der Waals surface area contributed by atoms with Crippen molar-refractivity contribution < 1.29 is 44.2 Å². The maximum atomic E-state index is 12.8. The van der Waals surface area contributed by atoms with Crippen molar-refractivity contribution in [2.75, 3.05) is 26.4 Å². The SMILES string of the molecule is CC/C=C\C/C=C\C/C=C\C/C=C\CCCCCCC(=O)OC(COCCCCCCCC/C=C\C/C=C\CCCCC)COC1OC(CO)C(O)C(O)C1O. The van der Waals surface area contributed by atoms with Gasteiger partial charge in [-0.3, -0.25) is 4.79 Å². The van der Waals surface area contributed by atoms with Crippen molar-refractivity contribution in [3.05, 3.63) is 72.9 Å². The van der Waals surface area contributed by atoms with Gasteiger partial charge in [-0.15, -0.1) is 0 Å². The van der Waals surface area contributed by atoms with Gasteiger partial charge in [-0.25, -0.2) is 0 Å². The lowest BCUT2D eigenvalue weighted by atomic mass is 9.99. The molecule has 0 spiro atoms. The molecule has 1 heterocycles. The van der Waals surface area contributed by atoms with Crippen LogP contribution in [0.15, 0.2) is 72.9 Å². The van der Waals surface area contributed by atoms with Crippen molar-refractivity contribution in [3.8, 4) is 0 Å². The Hall–Kier alpha value is -2.37. The molecule has 0 saturated carbocycles. The van der Waals surface area contributed by atoms with Crippen molar-refractivity contribution in [2.45, 2.75) is 192 Å². The van der Waals surface area contributed by atoms with Gasteiger partial charge in [0.15, 0.2) is 6.29 Å². The van der Waals surface area contributed by atoms with Crippen LogP contribution in [0.4, 0.5) is 0 Å². The fourth-order valence-corrected chi connectivity index (χ4v) is 6.16. The normalized spacial score (nSPS) is 21.3. The van der Waals surface area contributed by atoms with Crippen molar-refractivity contribution in [3.63, 3.8) is 0 Å². The zero-order valence-corrected chi connectivity index (χ0v) is 35.1. The first-order valence-electron chi connectivity index (χ1n) is 22.0. The summed E-state index contributed by atoms with van der Waals surface area (Å²) in [5.74, 6) is -0.344. The van der Waals surface area contributed by atoms with Gasteiger partial charge in [0, 0.05) is 13.0 Å². The number of unbranched alkanes of at least 4 members (excludes halogenated alkanes) is 13. The van der Waals surface area contributed by atoms with E-state index >= 15 is 0 Å². The number of ether oxygens (including phenoxy) is 4. The maximum Gasteiger partial charge on any atom is 0.306 e. The highest BCUT2D eigenvalue weighted by molar-refractivity contribution is 5.69. The van der Waals surface area contributed by atoms with E-state index in [9.17, 15) is 25.2 Å². The Balaban J connectivity index is 2.32. The van der Waals surface area contributed by atoms with Crippen LogP contribution >= 0.6 is 0 Å². The Morgan fingerprint density at radius 2 is 1.09 bits per heavy atom. The Morgan fingerprint density at radius 1 is 0.589 bits per heavy atom. The minimum atomic E-state index is -1.55. The third kappa shape index (κ3) is 28.9. The van der Waals surface area contributed by atoms with E-state index in [0.29, 0.717) is 6.61 Å². The second kappa shape index (κ2) is 38.2. The van der Waals surface area contributed by atoms with E-state index in [-0.39, 0.29) is 25.6 Å². The highest BCUT2D eigenvalue weighted by Gasteiger charge is 2.44. The van der Waals surface area contributed by atoms with E-state index in [1.807, 2.05) is 0 Å². The van der Waals surface area contributed by atoms with Crippen LogP contribution in [0, 0.1) is 0 Å². The summed E-state index contributed by atoms with van der Waals surface area (Å²) < 4.78 is 22.8. The van der Waals surface area contributed by atoms with Gasteiger partial charge in [0.1, 0.15) is 30.5 Å². The molecule has 9 heteroatoms. The molecule has 0 aromatic carbocycles. The Kier molecular flexibility index (Phi) is 35.2. The lowest BCUT2D eigenvalue weighted by molar-refractivity contribution is -0.305. The topological polar surface area (TPSA) is 135 Å². The summed E-state index contributed by atoms with van der Waals surface area (Å²) in [5, 5.41) is 40.1. The molecule has 6 unspecified atom stereocenters. The lowest BCUT2D eigenvalue weighted by Crippen LogP contribution is -2.59. The number of allylic oxidation sites excluding steroid dienone is 12. The van der Waals surface area contributed by atoms with Crippen LogP contribution in [-0.2, 0) is 23.7 Å². The van der Waals surface area contributed by atoms with Crippen LogP contribution in [-0.4, -0.2) is 89.6 Å². The average molecular weight is 789 g/mol. The van der Waals surface area contributed by atoms with Crippen molar-refractivity contribution in [1.82, 2.24) is 0 Å². The molecule has 0 aromatic rings. The predicted molar refractivity (Wildman–Crippen MR) is 228 cm³/mol. The van der Waals surface area contributed by atoms with E-state index < -0.39 is 43.4 Å². The smallest absolute Gasteiger partial charge is 0.306 e. The number of carbonyl (C=O) groups excluding carboxylic acids is 1. The molecule has 4 N–H and O–H groups in total. The fraction of sp³-hybridized carbons (Fsp3) is 0.723. The highest BCUT2D eigenvalue weighted by Crippen LogP contribution is 2.22. The zero-order chi connectivity index (χ0) is 40.7. The third-order valence-electron chi connectivity index (χ3n) is 9.61. The molecule has 1 aliphatic rings. The molecule has 0 bridgehead atoms. The van der Waals surface area contributed by atoms with Crippen LogP contribution in [0.25, 0.3) is 0 Å². The number of aliphatic hydroxyl groups excluding tert-OH is 4. The van der Waals surface area contributed by atoms with Crippen LogP contribution in [0.5, 0.6) is 0 Å². The molecule has 1 saturated heterocycles. The quantitative estimate of drug-likeness (QED) is 0.0278. The number of hydrogen-bond acceptors (Lipinski definition) is 9. The van der Waals surface area contributed by atoms with E-state index in [1.54, 1.807) is 0 Å². The number of rotatable bonds is 36. The summed E-state index contributed by atoms with van der Waals surface area (Å²) in [6.45, 7) is 4.35. The molecule has 56 heavy (non-hydrogen) atoms. The van der Waals surface area contributed by atoms with Gasteiger partial charge < -0.3 is 39.4 Å². The largest absolute Gasteiger partial charge is 0.457 e. The van der Waals surface area contributed by atoms with Crippen LogP contribution in [0.2, 0.25) is 0 Å². The minimum absolute atomic E-state index is 0.123. The van der Waals surface area contributed by atoms with Gasteiger partial charge >= 0.3 is 5.97 Å². The van der Waals surface area contributed by atoms with Gasteiger partial charge in [-0.2, -0.15) is 0 Å². The van der Waals surface area contributed by atoms with E-state index in [0.717, 1.165) is 89.9 Å². The van der Waals surface area contributed by atoms with Gasteiger partial charge in [-0.1, -0.05) is 138 Å². The monoisotopic (exact) mass is 789 g/mol. The van der Waals surface area contributed by atoms with E-state index in [1.165, 1.54) is 44.9 Å². The van der Waals surface area contributed by atoms with Gasteiger partial charge in [0.05, 0.1) is 19.8 Å². The molecule has 0 radical (unpaired) electrons. The first-order chi connectivity index (χ1) is 27.4. The number of carbonyl (C=O) groups is 1. The first kappa shape index (κ1) is 51.6. The van der Waals surface area contributed by atoms with Gasteiger partial charge in [0.2, 0.25) is 0 Å². The van der Waals surface area contributed by atoms with Gasteiger partial charge in [-0.05, 0) is 83.5 Å². The molecule has 0 aliphatic carbocycles. The summed E-state index contributed by atoms with van der Waals surface area (Å²) in [7, 11) is 0. The zero-order valence-electron chi connectivity index (χ0n) is 35.1. The molecule has 1 fully saturated rings. The molecule has 1 aliphatic heterocycles. The standard InChI is InChI=1S/C47H80O9/c1-3-5-7-9-11-13-15-17-19-21-22-24-26-28-30-32-34-36-43(49)55-41(40-54-47-46(52)45(51)44(50)42(38-48)56-47)39-53-37-35-33-31-29-27-25-23-20-18-16-14-12-10-8-6-4-2/h5,7,11-14,17-20,22,24,41-42,44-48,50-52H,3-4,6,8-10,15-16,21,23,25-40H2,1-2H3/b7-5-,13-11-,14-12-,19-17-,20-18-,24-22-. The summed E-state index contributed by atoms with van der Waals surface area (Å²) >= 11 is 0. The summed E-state index contributed by atoms with van der Waals surface area (Å²) in [6, 6.07) is 0. The van der Waals surface area contributed by atoms with Crippen molar-refractivity contribution in [2.24, 2.45) is 0 Å². The van der Waals surface area contributed by atoms with Crippen molar-refractivity contribution in [1.29, 1.82) is 0 Å². The summed E-state index contributed by atoms with van der Waals surface area (Å²) in [5.41, 5.74) is 0. The molecular formula is C47H80O9. The van der Waals surface area contributed by atoms with Gasteiger partial charge in [0.25, 0.3) is 0 Å². The summed E-state index contributed by atoms with van der Waals surface area (Å²) in [4.78, 5) is 12.8. The van der Waals surface area contributed by atoms with E-state index in [4.69, 9.17) is 18.9 Å². The molecule has 0 amide bonds. The average Bonchev–Trinajstić information content (AvgIpc) is 3.20. The Morgan fingerprint density at radius 3 is 1.64 bits per heavy atom. The minimum Gasteiger partial charge on any atom is -0.457 e. The molecule has 0 aromatic heterocycles. The Labute approximate surface area is 340 Å². The fourth-order valence-electron chi connectivity index (χ4n) is 6.16. The molecule has 322 valence electrons. The highest BCUT2D eigenvalue weighted by atomic mass is 16.7. The third-order valence-corrected chi connectivity index (χ3v) is 9.61. The van der Waals surface area contributed by atoms with Crippen LogP contribution in [0.1, 0.15) is 155 Å². The number of aliphatic hydroxyl groups is 4.